The summed E-state index contributed by atoms with van der Waals surface area (Å²) in [5.41, 5.74) is 11.6. The minimum atomic E-state index is -0.505. The van der Waals surface area contributed by atoms with Gasteiger partial charge in [0.15, 0.2) is 0 Å². The van der Waals surface area contributed by atoms with Crippen LogP contribution in [0.2, 0.25) is 0 Å². The lowest BCUT2D eigenvalue weighted by atomic mass is 9.82. The van der Waals surface area contributed by atoms with Crippen LogP contribution in [0, 0.1) is 26.6 Å². The Kier molecular flexibility index (Phi) is 3.96. The van der Waals surface area contributed by atoms with Gasteiger partial charge in [0.05, 0.1) is 0 Å². The van der Waals surface area contributed by atoms with Crippen LogP contribution >= 0.6 is 0 Å². The van der Waals surface area contributed by atoms with E-state index in [4.69, 9.17) is 5.73 Å². The number of rotatable bonds is 3. The average molecular weight is 271 g/mol. The van der Waals surface area contributed by atoms with E-state index in [-0.39, 0.29) is 5.82 Å². The van der Waals surface area contributed by atoms with Crippen molar-refractivity contribution < 1.29 is 4.39 Å². The summed E-state index contributed by atoms with van der Waals surface area (Å²) in [6.45, 7) is 8.14. The molecule has 0 saturated carbocycles. The number of hydrogen-bond donors (Lipinski definition) is 1. The van der Waals surface area contributed by atoms with E-state index in [0.717, 1.165) is 16.7 Å². The maximum absolute atomic E-state index is 13.4. The Bertz CT molecular complexity index is 629. The molecule has 1 atom stereocenters. The van der Waals surface area contributed by atoms with E-state index >= 15 is 0 Å². The van der Waals surface area contributed by atoms with Crippen LogP contribution in [-0.4, -0.2) is 0 Å². The normalized spacial score (nSPS) is 14.1. The number of nitrogens with two attached hydrogens (primary N) is 1. The Balaban J connectivity index is 2.40. The van der Waals surface area contributed by atoms with Gasteiger partial charge >= 0.3 is 0 Å². The van der Waals surface area contributed by atoms with E-state index in [1.807, 2.05) is 19.9 Å². The number of halogens is 1. The molecule has 1 nitrogen and oxygen atoms in total. The Morgan fingerprint density at radius 1 is 1.00 bits per heavy atom. The van der Waals surface area contributed by atoms with Gasteiger partial charge in [0.2, 0.25) is 0 Å². The molecular weight excluding hydrogens is 249 g/mol. The Morgan fingerprint density at radius 2 is 1.65 bits per heavy atom. The smallest absolute Gasteiger partial charge is 0.123 e. The highest BCUT2D eigenvalue weighted by Gasteiger charge is 2.24. The monoisotopic (exact) mass is 271 g/mol. The van der Waals surface area contributed by atoms with Gasteiger partial charge in [-0.2, -0.15) is 0 Å². The highest BCUT2D eigenvalue weighted by molar-refractivity contribution is 5.38. The van der Waals surface area contributed by atoms with Gasteiger partial charge < -0.3 is 5.73 Å². The molecule has 0 radical (unpaired) electrons. The van der Waals surface area contributed by atoms with Crippen molar-refractivity contribution in [1.82, 2.24) is 0 Å². The van der Waals surface area contributed by atoms with Gasteiger partial charge in [-0.15, -0.1) is 0 Å². The first kappa shape index (κ1) is 14.7. The molecule has 2 heteroatoms. The summed E-state index contributed by atoms with van der Waals surface area (Å²) >= 11 is 0. The zero-order valence-corrected chi connectivity index (χ0v) is 12.6. The van der Waals surface area contributed by atoms with Gasteiger partial charge in [0.25, 0.3) is 0 Å². The second-order valence-corrected chi connectivity index (χ2v) is 5.98. The van der Waals surface area contributed by atoms with E-state index in [9.17, 15) is 4.39 Å². The Labute approximate surface area is 120 Å². The lowest BCUT2D eigenvalue weighted by Gasteiger charge is -2.28. The molecule has 0 bridgehead atoms. The standard InChI is InChI=1S/C18H22FN/c1-12-5-6-14(3)17(9-12)18(4,20)11-15-10-16(19)8-7-13(15)2/h5-10H,11,20H2,1-4H3. The van der Waals surface area contributed by atoms with E-state index < -0.39 is 5.54 Å². The molecule has 106 valence electrons. The summed E-state index contributed by atoms with van der Waals surface area (Å²) in [5.74, 6) is -0.206. The lowest BCUT2D eigenvalue weighted by Crippen LogP contribution is -2.36. The molecule has 2 rings (SSSR count). The van der Waals surface area contributed by atoms with Crippen LogP contribution in [0.4, 0.5) is 4.39 Å². The molecule has 20 heavy (non-hydrogen) atoms. The highest BCUT2D eigenvalue weighted by atomic mass is 19.1. The van der Waals surface area contributed by atoms with Crippen molar-refractivity contribution in [3.8, 4) is 0 Å². The first-order valence-corrected chi connectivity index (χ1v) is 6.91. The molecule has 0 amide bonds. The van der Waals surface area contributed by atoms with Gasteiger partial charge in [-0.3, -0.25) is 0 Å². The van der Waals surface area contributed by atoms with E-state index in [1.54, 1.807) is 6.07 Å². The second kappa shape index (κ2) is 5.37. The van der Waals surface area contributed by atoms with Crippen LogP contribution in [-0.2, 0) is 12.0 Å². The Hall–Kier alpha value is -1.67. The SMILES string of the molecule is Cc1ccc(C)c(C(C)(N)Cc2cc(F)ccc2C)c1. The van der Waals surface area contributed by atoms with E-state index in [2.05, 4.69) is 32.0 Å². The number of hydrogen-bond acceptors (Lipinski definition) is 1. The summed E-state index contributed by atoms with van der Waals surface area (Å²) in [5, 5.41) is 0. The van der Waals surface area contributed by atoms with Crippen LogP contribution in [0.1, 0.15) is 34.7 Å². The molecule has 2 aromatic carbocycles. The minimum Gasteiger partial charge on any atom is -0.321 e. The highest BCUT2D eigenvalue weighted by Crippen LogP contribution is 2.28. The summed E-state index contributed by atoms with van der Waals surface area (Å²) in [7, 11) is 0. The molecule has 0 saturated heterocycles. The van der Waals surface area contributed by atoms with Crippen LogP contribution < -0.4 is 5.73 Å². The van der Waals surface area contributed by atoms with Gasteiger partial charge in [-0.25, -0.2) is 4.39 Å². The third-order valence-electron chi connectivity index (χ3n) is 3.88. The zero-order chi connectivity index (χ0) is 14.9. The molecular formula is C18H22FN. The van der Waals surface area contributed by atoms with Crippen molar-refractivity contribution in [2.45, 2.75) is 39.7 Å². The maximum Gasteiger partial charge on any atom is 0.123 e. The fourth-order valence-corrected chi connectivity index (χ4v) is 2.67. The summed E-state index contributed by atoms with van der Waals surface area (Å²) in [6, 6.07) is 11.2. The van der Waals surface area contributed by atoms with Crippen molar-refractivity contribution in [2.24, 2.45) is 5.73 Å². The average Bonchev–Trinajstić information content (AvgIpc) is 2.36. The molecule has 1 unspecified atom stereocenters. The summed E-state index contributed by atoms with van der Waals surface area (Å²) in [6.07, 6.45) is 0.626. The zero-order valence-electron chi connectivity index (χ0n) is 12.6. The molecule has 2 aromatic rings. The second-order valence-electron chi connectivity index (χ2n) is 5.98. The molecule has 0 fully saturated rings. The van der Waals surface area contributed by atoms with Crippen molar-refractivity contribution in [3.05, 3.63) is 70.0 Å². The summed E-state index contributed by atoms with van der Waals surface area (Å²) in [4.78, 5) is 0. The molecule has 0 aliphatic heterocycles. The fourth-order valence-electron chi connectivity index (χ4n) is 2.67. The molecule has 0 heterocycles. The topological polar surface area (TPSA) is 26.0 Å². The largest absolute Gasteiger partial charge is 0.321 e. The van der Waals surface area contributed by atoms with Crippen molar-refractivity contribution in [3.63, 3.8) is 0 Å². The van der Waals surface area contributed by atoms with E-state index in [0.29, 0.717) is 6.42 Å². The maximum atomic E-state index is 13.4. The van der Waals surface area contributed by atoms with Gasteiger partial charge in [0.1, 0.15) is 5.82 Å². The quantitative estimate of drug-likeness (QED) is 0.891. The van der Waals surface area contributed by atoms with Crippen molar-refractivity contribution in [1.29, 1.82) is 0 Å². The predicted octanol–water partition coefficient (Wildman–Crippen LogP) is 4.17. The molecule has 2 N–H and O–H groups in total. The van der Waals surface area contributed by atoms with Crippen LogP contribution in [0.3, 0.4) is 0 Å². The van der Waals surface area contributed by atoms with Crippen molar-refractivity contribution >= 4 is 0 Å². The number of aryl methyl sites for hydroxylation is 3. The van der Waals surface area contributed by atoms with Crippen molar-refractivity contribution in [2.75, 3.05) is 0 Å². The minimum absolute atomic E-state index is 0.206. The van der Waals surface area contributed by atoms with E-state index in [1.165, 1.54) is 17.2 Å². The van der Waals surface area contributed by atoms with Gasteiger partial charge in [-0.05, 0) is 68.5 Å². The number of benzene rings is 2. The van der Waals surface area contributed by atoms with Gasteiger partial charge in [0, 0.05) is 5.54 Å². The Morgan fingerprint density at radius 3 is 2.35 bits per heavy atom. The fraction of sp³-hybridized carbons (Fsp3) is 0.333. The third-order valence-corrected chi connectivity index (χ3v) is 3.88. The molecule has 0 aliphatic rings. The summed E-state index contributed by atoms with van der Waals surface area (Å²) < 4.78 is 13.4. The van der Waals surface area contributed by atoms with Crippen LogP contribution in [0.25, 0.3) is 0 Å². The lowest BCUT2D eigenvalue weighted by molar-refractivity contribution is 0.485. The molecule has 0 aromatic heterocycles. The third kappa shape index (κ3) is 3.07. The van der Waals surface area contributed by atoms with Crippen LogP contribution in [0.15, 0.2) is 36.4 Å². The van der Waals surface area contributed by atoms with Gasteiger partial charge in [-0.1, -0.05) is 29.8 Å². The molecule has 0 aliphatic carbocycles. The predicted molar refractivity (Wildman–Crippen MR) is 82.3 cm³/mol. The first-order chi connectivity index (χ1) is 9.29. The molecule has 0 spiro atoms. The first-order valence-electron chi connectivity index (χ1n) is 6.91. The van der Waals surface area contributed by atoms with Crippen LogP contribution in [0.5, 0.6) is 0 Å².